The molecule has 1 aromatic carbocycles. The first-order chi connectivity index (χ1) is 8.90. The number of aromatic nitrogens is 1. The zero-order valence-corrected chi connectivity index (χ0v) is 11.1. The quantitative estimate of drug-likeness (QED) is 0.891. The Morgan fingerprint density at radius 1 is 1.22 bits per heavy atom. The zero-order valence-electron chi connectivity index (χ0n) is 10.3. The minimum absolute atomic E-state index is 0.769. The van der Waals surface area contributed by atoms with E-state index in [4.69, 9.17) is 4.98 Å². The first kappa shape index (κ1) is 10.7. The van der Waals surface area contributed by atoms with E-state index < -0.39 is 0 Å². The number of benzene rings is 1. The fraction of sp³-hybridized carbons (Fsp3) is 0.400. The van der Waals surface area contributed by atoms with Crippen LogP contribution >= 0.6 is 11.3 Å². The number of rotatable bonds is 2. The lowest BCUT2D eigenvalue weighted by Crippen LogP contribution is -2.23. The summed E-state index contributed by atoms with van der Waals surface area (Å²) in [6.07, 6.45) is 3.81. The molecule has 2 aromatic rings. The van der Waals surface area contributed by atoms with Gasteiger partial charge in [0.25, 0.3) is 0 Å². The number of thiazole rings is 1. The summed E-state index contributed by atoms with van der Waals surface area (Å²) in [5, 5.41) is 6.97. The zero-order chi connectivity index (χ0) is 11.9. The van der Waals surface area contributed by atoms with Gasteiger partial charge in [-0.2, -0.15) is 0 Å². The molecule has 2 heterocycles. The predicted octanol–water partition coefficient (Wildman–Crippen LogP) is 3.33. The normalized spacial score (nSPS) is 18.7. The molecule has 0 radical (unpaired) electrons. The Bertz CT molecular complexity index is 584. The fourth-order valence-electron chi connectivity index (χ4n) is 2.57. The molecule has 3 heteroatoms. The van der Waals surface area contributed by atoms with Crippen LogP contribution in [0.1, 0.15) is 34.9 Å². The van der Waals surface area contributed by atoms with Gasteiger partial charge in [0.05, 0.1) is 10.7 Å². The minimum atomic E-state index is 0.769. The Kier molecular flexibility index (Phi) is 2.49. The van der Waals surface area contributed by atoms with Crippen molar-refractivity contribution in [3.8, 4) is 11.3 Å². The van der Waals surface area contributed by atoms with Crippen molar-refractivity contribution in [1.82, 2.24) is 10.3 Å². The van der Waals surface area contributed by atoms with Gasteiger partial charge in [-0.3, -0.25) is 0 Å². The Labute approximate surface area is 111 Å². The Morgan fingerprint density at radius 2 is 2.17 bits per heavy atom. The fourth-order valence-corrected chi connectivity index (χ4v) is 3.57. The number of nitrogens with zero attached hydrogens (tertiary/aromatic N) is 1. The molecule has 0 bridgehead atoms. The molecule has 1 N–H and O–H groups in total. The van der Waals surface area contributed by atoms with Crippen LogP contribution in [-0.2, 0) is 13.0 Å². The Balaban J connectivity index is 1.70. The van der Waals surface area contributed by atoms with E-state index in [1.165, 1.54) is 40.2 Å². The Hall–Kier alpha value is -1.19. The van der Waals surface area contributed by atoms with Crippen LogP contribution in [0.15, 0.2) is 23.6 Å². The van der Waals surface area contributed by atoms with Gasteiger partial charge in [0.1, 0.15) is 0 Å². The second kappa shape index (κ2) is 4.18. The van der Waals surface area contributed by atoms with Crippen molar-refractivity contribution in [3.05, 3.63) is 39.7 Å². The highest BCUT2D eigenvalue weighted by molar-refractivity contribution is 7.10. The molecule has 0 amide bonds. The molecule has 18 heavy (non-hydrogen) atoms. The molecule has 1 fully saturated rings. The van der Waals surface area contributed by atoms with Gasteiger partial charge in [0.15, 0.2) is 0 Å². The highest BCUT2D eigenvalue weighted by atomic mass is 32.1. The van der Waals surface area contributed by atoms with Crippen molar-refractivity contribution < 1.29 is 0 Å². The summed E-state index contributed by atoms with van der Waals surface area (Å²) in [6, 6.07) is 6.81. The van der Waals surface area contributed by atoms with Crippen LogP contribution in [0.4, 0.5) is 0 Å². The molecule has 0 spiro atoms. The molecule has 92 valence electrons. The third-order valence-electron chi connectivity index (χ3n) is 3.84. The summed E-state index contributed by atoms with van der Waals surface area (Å²) >= 11 is 1.83. The molecular formula is C15H16N2S. The topological polar surface area (TPSA) is 24.9 Å². The van der Waals surface area contributed by atoms with Gasteiger partial charge in [0.2, 0.25) is 0 Å². The third-order valence-corrected chi connectivity index (χ3v) is 4.84. The molecule has 0 saturated heterocycles. The van der Waals surface area contributed by atoms with Crippen molar-refractivity contribution in [2.45, 2.75) is 31.7 Å². The minimum Gasteiger partial charge on any atom is -0.312 e. The monoisotopic (exact) mass is 256 g/mol. The highest BCUT2D eigenvalue weighted by Gasteiger charge is 2.26. The van der Waals surface area contributed by atoms with E-state index in [2.05, 4.69) is 28.9 Å². The standard InChI is InChI=1S/C15H16N2S/c1-2-10(1)15-17-14(9-18-15)12-3-4-13-8-16-6-5-11(13)7-12/h3-4,7,9-10,16H,1-2,5-6,8H2. The summed E-state index contributed by atoms with van der Waals surface area (Å²) in [4.78, 5) is 4.79. The van der Waals surface area contributed by atoms with Gasteiger partial charge in [-0.15, -0.1) is 11.3 Å². The van der Waals surface area contributed by atoms with Gasteiger partial charge in [-0.05, 0) is 43.0 Å². The van der Waals surface area contributed by atoms with Crippen LogP contribution in [0, 0.1) is 0 Å². The van der Waals surface area contributed by atoms with E-state index in [0.29, 0.717) is 0 Å². The molecule has 4 rings (SSSR count). The Morgan fingerprint density at radius 3 is 3.06 bits per heavy atom. The number of hydrogen-bond donors (Lipinski definition) is 1. The number of fused-ring (bicyclic) bond motifs is 1. The maximum absolute atomic E-state index is 4.79. The molecule has 2 nitrogen and oxygen atoms in total. The molecular weight excluding hydrogens is 240 g/mol. The molecule has 1 saturated carbocycles. The average molecular weight is 256 g/mol. The summed E-state index contributed by atoms with van der Waals surface area (Å²) in [5.41, 5.74) is 5.40. The molecule has 0 atom stereocenters. The lowest BCUT2D eigenvalue weighted by molar-refractivity contribution is 0.644. The SMILES string of the molecule is c1cc2c(cc1-c1csc(C3CC3)n1)CCNC2. The van der Waals surface area contributed by atoms with Gasteiger partial charge in [-0.25, -0.2) is 4.98 Å². The van der Waals surface area contributed by atoms with Crippen LogP contribution in [0.5, 0.6) is 0 Å². The van der Waals surface area contributed by atoms with Crippen molar-refractivity contribution in [1.29, 1.82) is 0 Å². The van der Waals surface area contributed by atoms with E-state index in [-0.39, 0.29) is 0 Å². The van der Waals surface area contributed by atoms with Gasteiger partial charge in [-0.1, -0.05) is 12.1 Å². The first-order valence-electron chi connectivity index (χ1n) is 6.68. The third kappa shape index (κ3) is 1.88. The predicted molar refractivity (Wildman–Crippen MR) is 74.9 cm³/mol. The average Bonchev–Trinajstić information content (AvgIpc) is 3.16. The van der Waals surface area contributed by atoms with Crippen molar-refractivity contribution >= 4 is 11.3 Å². The maximum atomic E-state index is 4.79. The lowest BCUT2D eigenvalue weighted by atomic mass is 9.98. The van der Waals surface area contributed by atoms with E-state index in [0.717, 1.165) is 25.4 Å². The van der Waals surface area contributed by atoms with E-state index in [1.807, 2.05) is 11.3 Å². The maximum Gasteiger partial charge on any atom is 0.0963 e. The van der Waals surface area contributed by atoms with E-state index in [9.17, 15) is 0 Å². The van der Waals surface area contributed by atoms with Crippen molar-refractivity contribution in [3.63, 3.8) is 0 Å². The second-order valence-corrected chi connectivity index (χ2v) is 6.15. The highest BCUT2D eigenvalue weighted by Crippen LogP contribution is 2.42. The first-order valence-corrected chi connectivity index (χ1v) is 7.56. The van der Waals surface area contributed by atoms with Crippen LogP contribution in [0.2, 0.25) is 0 Å². The molecule has 0 unspecified atom stereocenters. The molecule has 2 aliphatic rings. The summed E-state index contributed by atoms with van der Waals surface area (Å²) < 4.78 is 0. The lowest BCUT2D eigenvalue weighted by Gasteiger charge is -2.17. The van der Waals surface area contributed by atoms with Crippen LogP contribution < -0.4 is 5.32 Å². The van der Waals surface area contributed by atoms with Crippen molar-refractivity contribution in [2.24, 2.45) is 0 Å². The summed E-state index contributed by atoms with van der Waals surface area (Å²) in [7, 11) is 0. The molecule has 1 aromatic heterocycles. The van der Waals surface area contributed by atoms with E-state index >= 15 is 0 Å². The molecule has 1 aliphatic carbocycles. The molecule has 1 aliphatic heterocycles. The van der Waals surface area contributed by atoms with Gasteiger partial charge < -0.3 is 5.32 Å². The van der Waals surface area contributed by atoms with Gasteiger partial charge in [0, 0.05) is 23.4 Å². The van der Waals surface area contributed by atoms with Crippen LogP contribution in [0.25, 0.3) is 11.3 Å². The van der Waals surface area contributed by atoms with Gasteiger partial charge >= 0.3 is 0 Å². The van der Waals surface area contributed by atoms with E-state index in [1.54, 1.807) is 0 Å². The van der Waals surface area contributed by atoms with Crippen LogP contribution in [-0.4, -0.2) is 11.5 Å². The summed E-state index contributed by atoms with van der Waals surface area (Å²) in [5.74, 6) is 0.769. The summed E-state index contributed by atoms with van der Waals surface area (Å²) in [6.45, 7) is 2.11. The number of hydrogen-bond acceptors (Lipinski definition) is 3. The van der Waals surface area contributed by atoms with Crippen LogP contribution in [0.3, 0.4) is 0 Å². The smallest absolute Gasteiger partial charge is 0.0963 e. The number of nitrogens with one attached hydrogen (secondary N) is 1. The second-order valence-electron chi connectivity index (χ2n) is 5.26. The van der Waals surface area contributed by atoms with Crippen molar-refractivity contribution in [2.75, 3.05) is 6.54 Å². The largest absolute Gasteiger partial charge is 0.312 e.